The number of hydrogen-bond donors (Lipinski definition) is 2. The number of carbonyl (C=O) groups excluding carboxylic acids is 1. The van der Waals surface area contributed by atoms with Crippen LogP contribution in [-0.4, -0.2) is 57.1 Å². The summed E-state index contributed by atoms with van der Waals surface area (Å²) in [7, 11) is 0. The van der Waals surface area contributed by atoms with Crippen LogP contribution in [0.25, 0.3) is 11.5 Å². The fraction of sp³-hybridized carbons (Fsp3) is 0.591. The molecule has 1 amide bonds. The number of fused-ring (bicyclic) bond motifs is 1. The van der Waals surface area contributed by atoms with Gasteiger partial charge in [0.15, 0.2) is 0 Å². The number of carbonyl (C=O) groups is 1. The van der Waals surface area contributed by atoms with Gasteiger partial charge in [0.2, 0.25) is 5.89 Å². The van der Waals surface area contributed by atoms with Crippen molar-refractivity contribution in [2.75, 3.05) is 6.61 Å². The van der Waals surface area contributed by atoms with Crippen LogP contribution in [0.3, 0.4) is 0 Å². The summed E-state index contributed by atoms with van der Waals surface area (Å²) >= 11 is 0. The number of aromatic nitrogens is 2. The van der Waals surface area contributed by atoms with E-state index in [0.717, 1.165) is 44.1 Å². The summed E-state index contributed by atoms with van der Waals surface area (Å²) in [6.07, 6.45) is 1.74. The number of halogens is 2. The van der Waals surface area contributed by atoms with Crippen molar-refractivity contribution in [3.63, 3.8) is 0 Å². The average molecular weight is 448 g/mol. The molecular formula is C22H26F2N4O4. The molecule has 4 atom stereocenters. The van der Waals surface area contributed by atoms with Crippen molar-refractivity contribution in [2.24, 2.45) is 0 Å². The number of ether oxygens (including phenoxy) is 1. The van der Waals surface area contributed by atoms with E-state index >= 15 is 0 Å². The van der Waals surface area contributed by atoms with Gasteiger partial charge in [0.25, 0.3) is 11.8 Å². The molecule has 1 aromatic heterocycles. The monoisotopic (exact) mass is 448 g/mol. The van der Waals surface area contributed by atoms with E-state index < -0.39 is 18.5 Å². The van der Waals surface area contributed by atoms with E-state index in [4.69, 9.17) is 9.15 Å². The quantitative estimate of drug-likeness (QED) is 0.655. The first-order chi connectivity index (χ1) is 15.5. The summed E-state index contributed by atoms with van der Waals surface area (Å²) in [5, 5.41) is 20.9. The Morgan fingerprint density at radius 2 is 2.00 bits per heavy atom. The second-order valence-electron chi connectivity index (χ2n) is 8.67. The number of nitrogens with one attached hydrogen (secondary N) is 1. The third-order valence-electron chi connectivity index (χ3n) is 6.65. The number of aliphatic hydroxyl groups is 1. The molecule has 1 aromatic carbocycles. The summed E-state index contributed by atoms with van der Waals surface area (Å²) in [5.74, 6) is -0.888. The van der Waals surface area contributed by atoms with E-state index in [-0.39, 0.29) is 30.0 Å². The van der Waals surface area contributed by atoms with E-state index in [2.05, 4.69) is 15.5 Å². The minimum absolute atomic E-state index is 0.0229. The van der Waals surface area contributed by atoms with Gasteiger partial charge >= 0.3 is 6.43 Å². The first-order valence-electron chi connectivity index (χ1n) is 11.1. The highest BCUT2D eigenvalue weighted by molar-refractivity contribution is 5.99. The average Bonchev–Trinajstić information content (AvgIpc) is 3.55. The molecule has 0 spiro atoms. The Balaban J connectivity index is 1.33. The number of nitrogens with zero attached hydrogens (tertiary/aromatic N) is 3. The Kier molecular flexibility index (Phi) is 5.92. The molecule has 5 rings (SSSR count). The van der Waals surface area contributed by atoms with Crippen LogP contribution in [0.1, 0.15) is 66.8 Å². The first kappa shape index (κ1) is 21.4. The highest BCUT2D eigenvalue weighted by Crippen LogP contribution is 2.34. The molecule has 172 valence electrons. The van der Waals surface area contributed by atoms with Crippen LogP contribution < -0.4 is 5.32 Å². The summed E-state index contributed by atoms with van der Waals surface area (Å²) in [6.45, 7) is 1.14. The smallest absolute Gasteiger partial charge is 0.314 e. The van der Waals surface area contributed by atoms with Gasteiger partial charge in [-0.15, -0.1) is 10.2 Å². The molecule has 2 fully saturated rings. The molecule has 3 aliphatic rings. The highest BCUT2D eigenvalue weighted by atomic mass is 19.3. The molecule has 3 heterocycles. The normalized spacial score (nSPS) is 26.7. The Morgan fingerprint density at radius 3 is 2.75 bits per heavy atom. The van der Waals surface area contributed by atoms with Gasteiger partial charge in [-0.2, -0.15) is 8.78 Å². The SMILES string of the molecule is O=C1c2cc(-c3nnc(C(F)F)o3)ccc2CN1[C@@H]1CCCC[C@H]1NC(O)[C@H]1CCCO1. The number of hydrogen-bond acceptors (Lipinski definition) is 7. The highest BCUT2D eigenvalue weighted by Gasteiger charge is 2.39. The Morgan fingerprint density at radius 1 is 1.16 bits per heavy atom. The van der Waals surface area contributed by atoms with Crippen LogP contribution in [0.5, 0.6) is 0 Å². The van der Waals surface area contributed by atoms with Gasteiger partial charge in [-0.1, -0.05) is 18.9 Å². The summed E-state index contributed by atoms with van der Waals surface area (Å²) in [6, 6.07) is 5.08. The Hall–Kier alpha value is -2.43. The molecule has 0 bridgehead atoms. The lowest BCUT2D eigenvalue weighted by Gasteiger charge is -2.40. The lowest BCUT2D eigenvalue weighted by Crippen LogP contribution is -2.56. The van der Waals surface area contributed by atoms with Crippen molar-refractivity contribution in [1.29, 1.82) is 0 Å². The lowest BCUT2D eigenvalue weighted by atomic mass is 9.88. The van der Waals surface area contributed by atoms with Crippen molar-refractivity contribution in [2.45, 2.75) is 75.9 Å². The Bertz CT molecular complexity index is 979. The maximum atomic E-state index is 13.3. The molecule has 32 heavy (non-hydrogen) atoms. The van der Waals surface area contributed by atoms with Gasteiger partial charge in [0, 0.05) is 36.4 Å². The van der Waals surface area contributed by atoms with Crippen molar-refractivity contribution >= 4 is 5.91 Å². The zero-order valence-electron chi connectivity index (χ0n) is 17.5. The fourth-order valence-electron chi connectivity index (χ4n) is 5.02. The maximum absolute atomic E-state index is 13.3. The van der Waals surface area contributed by atoms with Gasteiger partial charge in [0.1, 0.15) is 6.23 Å². The molecule has 0 radical (unpaired) electrons. The molecule has 2 N–H and O–H groups in total. The van der Waals surface area contributed by atoms with Gasteiger partial charge in [-0.3, -0.25) is 10.1 Å². The molecule has 8 nitrogen and oxygen atoms in total. The van der Waals surface area contributed by atoms with E-state index in [1.807, 2.05) is 4.90 Å². The number of amides is 1. The molecule has 2 aromatic rings. The molecule has 1 saturated heterocycles. The minimum atomic E-state index is -2.84. The van der Waals surface area contributed by atoms with Gasteiger partial charge in [0.05, 0.1) is 6.10 Å². The van der Waals surface area contributed by atoms with Crippen molar-refractivity contribution in [1.82, 2.24) is 20.4 Å². The lowest BCUT2D eigenvalue weighted by molar-refractivity contribution is -0.0341. The van der Waals surface area contributed by atoms with E-state index in [1.165, 1.54) is 0 Å². The van der Waals surface area contributed by atoms with Gasteiger partial charge in [-0.05, 0) is 43.4 Å². The number of aliphatic hydroxyl groups excluding tert-OH is 1. The van der Waals surface area contributed by atoms with Crippen LogP contribution in [0, 0.1) is 0 Å². The predicted octanol–water partition coefficient (Wildman–Crippen LogP) is 3.03. The van der Waals surface area contributed by atoms with Gasteiger partial charge in [-0.25, -0.2) is 0 Å². The van der Waals surface area contributed by atoms with E-state index in [0.29, 0.717) is 24.3 Å². The standard InChI is InChI=1S/C22H26F2N4O4/c23-18(24)21-27-26-20(32-21)12-7-8-13-11-28(22(30)14(13)10-12)16-5-2-1-4-15(16)25-19(29)17-6-3-9-31-17/h7-8,10,15-19,25,29H,1-6,9,11H2/t15-,16-,17-,19?/m1/s1. The van der Waals surface area contributed by atoms with Crippen LogP contribution >= 0.6 is 0 Å². The molecule has 1 saturated carbocycles. The van der Waals surface area contributed by atoms with Crippen molar-refractivity contribution in [3.05, 3.63) is 35.2 Å². The molecule has 1 aliphatic carbocycles. The fourth-order valence-corrected chi connectivity index (χ4v) is 5.02. The molecule has 2 aliphatic heterocycles. The van der Waals surface area contributed by atoms with Crippen molar-refractivity contribution < 1.29 is 27.8 Å². The predicted molar refractivity (Wildman–Crippen MR) is 109 cm³/mol. The van der Waals surface area contributed by atoms with Crippen LogP contribution in [0.2, 0.25) is 0 Å². The number of rotatable bonds is 6. The van der Waals surface area contributed by atoms with Crippen LogP contribution in [-0.2, 0) is 11.3 Å². The molecule has 1 unspecified atom stereocenters. The van der Waals surface area contributed by atoms with Crippen LogP contribution in [0.4, 0.5) is 8.78 Å². The molecule has 10 heteroatoms. The topological polar surface area (TPSA) is 101 Å². The summed E-state index contributed by atoms with van der Waals surface area (Å²) < 4.78 is 36.2. The van der Waals surface area contributed by atoms with Crippen molar-refractivity contribution in [3.8, 4) is 11.5 Å². The van der Waals surface area contributed by atoms with E-state index in [9.17, 15) is 18.7 Å². The first-order valence-corrected chi connectivity index (χ1v) is 11.1. The zero-order chi connectivity index (χ0) is 22.2. The second-order valence-corrected chi connectivity index (χ2v) is 8.67. The second kappa shape index (κ2) is 8.84. The summed E-state index contributed by atoms with van der Waals surface area (Å²) in [4.78, 5) is 15.2. The van der Waals surface area contributed by atoms with E-state index in [1.54, 1.807) is 18.2 Å². The largest absolute Gasteiger partial charge is 0.415 e. The minimum Gasteiger partial charge on any atom is -0.415 e. The third-order valence-corrected chi connectivity index (χ3v) is 6.65. The molecular weight excluding hydrogens is 422 g/mol. The summed E-state index contributed by atoms with van der Waals surface area (Å²) in [5.41, 5.74) is 1.82. The Labute approximate surface area is 183 Å². The number of alkyl halides is 2. The van der Waals surface area contributed by atoms with Gasteiger partial charge < -0.3 is 19.2 Å². The number of benzene rings is 1. The van der Waals surface area contributed by atoms with Crippen LogP contribution in [0.15, 0.2) is 22.6 Å². The third kappa shape index (κ3) is 4.02. The maximum Gasteiger partial charge on any atom is 0.314 e. The zero-order valence-corrected chi connectivity index (χ0v) is 17.5.